The van der Waals surface area contributed by atoms with Crippen molar-refractivity contribution in [2.45, 2.75) is 39.7 Å². The highest BCUT2D eigenvalue weighted by Gasteiger charge is 2.23. The van der Waals surface area contributed by atoms with Crippen LogP contribution in [0.15, 0.2) is 18.2 Å². The molecule has 1 aromatic carbocycles. The molecule has 1 unspecified atom stereocenters. The van der Waals surface area contributed by atoms with Crippen LogP contribution >= 0.6 is 0 Å². The normalized spacial score (nSPS) is 11.6. The molecule has 0 fully saturated rings. The van der Waals surface area contributed by atoms with E-state index in [1.165, 1.54) is 7.11 Å². The van der Waals surface area contributed by atoms with Crippen molar-refractivity contribution in [2.24, 2.45) is 5.92 Å². The van der Waals surface area contributed by atoms with E-state index in [0.717, 1.165) is 11.1 Å². The van der Waals surface area contributed by atoms with Crippen LogP contribution in [0.1, 0.15) is 31.4 Å². The molecule has 0 aromatic heterocycles. The first-order chi connectivity index (χ1) is 12.3. The second kappa shape index (κ2) is 10.4. The lowest BCUT2D eigenvalue weighted by Gasteiger charge is -2.18. The zero-order chi connectivity index (χ0) is 19.7. The van der Waals surface area contributed by atoms with Gasteiger partial charge < -0.3 is 19.5 Å². The maximum atomic E-state index is 11.9. The number of carbonyl (C=O) groups is 3. The lowest BCUT2D eigenvalue weighted by molar-refractivity contribution is -0.150. The van der Waals surface area contributed by atoms with E-state index in [0.29, 0.717) is 12.2 Å². The quantitative estimate of drug-likeness (QED) is 0.671. The maximum absolute atomic E-state index is 11.9. The van der Waals surface area contributed by atoms with Gasteiger partial charge in [0.25, 0.3) is 5.91 Å². The highest BCUT2D eigenvalue weighted by Crippen LogP contribution is 2.19. The molecule has 0 aliphatic rings. The number of hydrogen-bond donors (Lipinski definition) is 1. The van der Waals surface area contributed by atoms with Crippen LogP contribution in [0, 0.1) is 12.8 Å². The summed E-state index contributed by atoms with van der Waals surface area (Å²) in [6.07, 6.45) is 0.464. The van der Waals surface area contributed by atoms with E-state index in [-0.39, 0.29) is 12.3 Å². The standard InChI is InChI=1S/C19H27NO6/c1-12(2)8-15(19(23)25-5)20-17(21)11-26-18(22)10-14-7-6-13(3)16(9-14)24-4/h6-7,9,12,15H,8,10-11H2,1-5H3,(H,20,21). The van der Waals surface area contributed by atoms with Crippen LogP contribution in [0.25, 0.3) is 0 Å². The van der Waals surface area contributed by atoms with E-state index in [1.54, 1.807) is 19.2 Å². The van der Waals surface area contributed by atoms with E-state index >= 15 is 0 Å². The van der Waals surface area contributed by atoms with E-state index in [4.69, 9.17) is 9.47 Å². The summed E-state index contributed by atoms with van der Waals surface area (Å²) < 4.78 is 14.9. The molecule has 144 valence electrons. The number of rotatable bonds is 9. The monoisotopic (exact) mass is 365 g/mol. The molecule has 7 nitrogen and oxygen atoms in total. The van der Waals surface area contributed by atoms with Crippen LogP contribution < -0.4 is 10.1 Å². The van der Waals surface area contributed by atoms with Gasteiger partial charge in [-0.3, -0.25) is 9.59 Å². The Kier molecular flexibility index (Phi) is 8.61. The average molecular weight is 365 g/mol. The Balaban J connectivity index is 2.52. The molecular weight excluding hydrogens is 338 g/mol. The Morgan fingerprint density at radius 3 is 2.42 bits per heavy atom. The first-order valence-electron chi connectivity index (χ1n) is 8.43. The van der Waals surface area contributed by atoms with Gasteiger partial charge in [-0.15, -0.1) is 0 Å². The van der Waals surface area contributed by atoms with Gasteiger partial charge in [0.1, 0.15) is 11.8 Å². The smallest absolute Gasteiger partial charge is 0.328 e. The molecular formula is C19H27NO6. The summed E-state index contributed by atoms with van der Waals surface area (Å²) in [5.74, 6) is -0.730. The van der Waals surface area contributed by atoms with Crippen molar-refractivity contribution in [1.82, 2.24) is 5.32 Å². The van der Waals surface area contributed by atoms with E-state index in [2.05, 4.69) is 10.1 Å². The van der Waals surface area contributed by atoms with Crippen molar-refractivity contribution in [2.75, 3.05) is 20.8 Å². The lowest BCUT2D eigenvalue weighted by Crippen LogP contribution is -2.44. The predicted molar refractivity (Wildman–Crippen MR) is 95.8 cm³/mol. The molecule has 1 atom stereocenters. The van der Waals surface area contributed by atoms with Gasteiger partial charge in [-0.2, -0.15) is 0 Å². The minimum atomic E-state index is -0.757. The van der Waals surface area contributed by atoms with Crippen LogP contribution in [-0.2, 0) is 30.3 Å². The van der Waals surface area contributed by atoms with Crippen LogP contribution in [0.4, 0.5) is 0 Å². The highest BCUT2D eigenvalue weighted by molar-refractivity contribution is 5.86. The van der Waals surface area contributed by atoms with Gasteiger partial charge in [0.05, 0.1) is 20.6 Å². The number of esters is 2. The fourth-order valence-electron chi connectivity index (χ4n) is 2.40. The summed E-state index contributed by atoms with van der Waals surface area (Å²) in [5, 5.41) is 2.53. The van der Waals surface area contributed by atoms with Crippen LogP contribution in [0.2, 0.25) is 0 Å². The topological polar surface area (TPSA) is 90.9 Å². The number of benzene rings is 1. The van der Waals surface area contributed by atoms with Gasteiger partial charge in [0.15, 0.2) is 6.61 Å². The molecule has 0 heterocycles. The number of amides is 1. The third kappa shape index (κ3) is 7.13. The Hall–Kier alpha value is -2.57. The summed E-state index contributed by atoms with van der Waals surface area (Å²) in [7, 11) is 2.82. The summed E-state index contributed by atoms with van der Waals surface area (Å²) in [4.78, 5) is 35.6. The summed E-state index contributed by atoms with van der Waals surface area (Å²) >= 11 is 0. The molecule has 0 saturated heterocycles. The number of carbonyl (C=O) groups excluding carboxylic acids is 3. The van der Waals surface area contributed by atoms with Crippen molar-refractivity contribution in [3.63, 3.8) is 0 Å². The second-order valence-corrected chi connectivity index (χ2v) is 6.41. The molecule has 0 spiro atoms. The van der Waals surface area contributed by atoms with Gasteiger partial charge in [-0.1, -0.05) is 26.0 Å². The Bertz CT molecular complexity index is 641. The maximum Gasteiger partial charge on any atom is 0.328 e. The van der Waals surface area contributed by atoms with Crippen LogP contribution in [0.5, 0.6) is 5.75 Å². The third-order valence-electron chi connectivity index (χ3n) is 3.71. The molecule has 0 bridgehead atoms. The zero-order valence-electron chi connectivity index (χ0n) is 16.0. The Labute approximate surface area is 154 Å². The molecule has 1 rings (SSSR count). The summed E-state index contributed by atoms with van der Waals surface area (Å²) in [5.41, 5.74) is 1.69. The van der Waals surface area contributed by atoms with Gasteiger partial charge in [-0.05, 0) is 36.5 Å². The third-order valence-corrected chi connectivity index (χ3v) is 3.71. The zero-order valence-corrected chi connectivity index (χ0v) is 16.0. The lowest BCUT2D eigenvalue weighted by atomic mass is 10.0. The van der Waals surface area contributed by atoms with Gasteiger partial charge >= 0.3 is 11.9 Å². The molecule has 1 N–H and O–H groups in total. The molecule has 0 aliphatic carbocycles. The van der Waals surface area contributed by atoms with Crippen LogP contribution in [0.3, 0.4) is 0 Å². The average Bonchev–Trinajstić information content (AvgIpc) is 2.60. The van der Waals surface area contributed by atoms with Crippen molar-refractivity contribution in [3.8, 4) is 5.75 Å². The first-order valence-corrected chi connectivity index (χ1v) is 8.43. The fourth-order valence-corrected chi connectivity index (χ4v) is 2.40. The number of methoxy groups -OCH3 is 2. The van der Waals surface area contributed by atoms with Gasteiger partial charge in [0, 0.05) is 0 Å². The fraction of sp³-hybridized carbons (Fsp3) is 0.526. The van der Waals surface area contributed by atoms with Gasteiger partial charge in [-0.25, -0.2) is 4.79 Å². The van der Waals surface area contributed by atoms with E-state index < -0.39 is 30.5 Å². The SMILES string of the molecule is COC(=O)C(CC(C)C)NC(=O)COC(=O)Cc1ccc(C)c(OC)c1. The predicted octanol–water partition coefficient (Wildman–Crippen LogP) is 1.79. The van der Waals surface area contributed by atoms with Crippen LogP contribution in [-0.4, -0.2) is 44.7 Å². The number of nitrogens with one attached hydrogen (secondary N) is 1. The molecule has 7 heteroatoms. The van der Waals surface area contributed by atoms with Crippen molar-refractivity contribution < 1.29 is 28.6 Å². The molecule has 26 heavy (non-hydrogen) atoms. The molecule has 0 aliphatic heterocycles. The Morgan fingerprint density at radius 2 is 1.85 bits per heavy atom. The molecule has 1 aromatic rings. The molecule has 0 saturated carbocycles. The molecule has 0 radical (unpaired) electrons. The summed E-state index contributed by atoms with van der Waals surface area (Å²) in [6.45, 7) is 5.31. The Morgan fingerprint density at radius 1 is 1.15 bits per heavy atom. The van der Waals surface area contributed by atoms with E-state index in [1.807, 2.05) is 26.8 Å². The first kappa shape index (κ1) is 21.5. The minimum absolute atomic E-state index is 0.0242. The van der Waals surface area contributed by atoms with Crippen molar-refractivity contribution in [3.05, 3.63) is 29.3 Å². The van der Waals surface area contributed by atoms with E-state index in [9.17, 15) is 14.4 Å². The summed E-state index contributed by atoms with van der Waals surface area (Å²) in [6, 6.07) is 4.65. The number of aryl methyl sites for hydroxylation is 1. The second-order valence-electron chi connectivity index (χ2n) is 6.41. The highest BCUT2D eigenvalue weighted by atomic mass is 16.5. The number of hydrogen-bond acceptors (Lipinski definition) is 6. The number of ether oxygens (including phenoxy) is 3. The largest absolute Gasteiger partial charge is 0.496 e. The minimum Gasteiger partial charge on any atom is -0.496 e. The van der Waals surface area contributed by atoms with Crippen molar-refractivity contribution in [1.29, 1.82) is 0 Å². The van der Waals surface area contributed by atoms with Crippen molar-refractivity contribution >= 4 is 17.8 Å². The molecule has 1 amide bonds. The van der Waals surface area contributed by atoms with Gasteiger partial charge in [0.2, 0.25) is 0 Å².